The zero-order valence-corrected chi connectivity index (χ0v) is 15.5. The molecule has 0 saturated carbocycles. The Hall–Kier alpha value is -2.27. The highest BCUT2D eigenvalue weighted by atomic mass is 35.5. The van der Waals surface area contributed by atoms with Crippen LogP contribution in [0.1, 0.15) is 23.2 Å². The van der Waals surface area contributed by atoms with Crippen molar-refractivity contribution in [1.29, 1.82) is 0 Å². The van der Waals surface area contributed by atoms with Gasteiger partial charge in [0.1, 0.15) is 5.82 Å². The summed E-state index contributed by atoms with van der Waals surface area (Å²) in [6.45, 7) is 5.31. The van der Waals surface area contributed by atoms with E-state index in [0.29, 0.717) is 0 Å². The summed E-state index contributed by atoms with van der Waals surface area (Å²) in [7, 11) is 0. The van der Waals surface area contributed by atoms with E-state index in [4.69, 9.17) is 11.6 Å². The molecule has 5 nitrogen and oxygen atoms in total. The van der Waals surface area contributed by atoms with Crippen LogP contribution in [-0.4, -0.2) is 55.1 Å². The number of likely N-dealkylation sites (tertiary alicyclic amines) is 1. The van der Waals surface area contributed by atoms with Crippen molar-refractivity contribution in [3.05, 3.63) is 53.2 Å². The first kappa shape index (κ1) is 17.2. The molecule has 0 N–H and O–H groups in total. The number of nitrogens with zero attached hydrogens (tertiary/aromatic N) is 4. The fourth-order valence-electron chi connectivity index (χ4n) is 3.69. The van der Waals surface area contributed by atoms with Crippen LogP contribution in [0.5, 0.6) is 0 Å². The first-order valence-electron chi connectivity index (χ1n) is 9.21. The number of rotatable bonds is 3. The first-order chi connectivity index (χ1) is 12.7. The van der Waals surface area contributed by atoms with Crippen LogP contribution in [-0.2, 0) is 0 Å². The van der Waals surface area contributed by atoms with Crippen molar-refractivity contribution in [3.63, 3.8) is 0 Å². The van der Waals surface area contributed by atoms with Gasteiger partial charge >= 0.3 is 0 Å². The van der Waals surface area contributed by atoms with Gasteiger partial charge < -0.3 is 14.7 Å². The molecule has 2 saturated heterocycles. The van der Waals surface area contributed by atoms with Crippen molar-refractivity contribution in [1.82, 2.24) is 9.88 Å². The molecule has 0 bridgehead atoms. The highest BCUT2D eigenvalue weighted by Gasteiger charge is 2.22. The fraction of sp³-hybridized carbons (Fsp3) is 0.400. The highest BCUT2D eigenvalue weighted by Crippen LogP contribution is 2.23. The Labute approximate surface area is 159 Å². The molecule has 0 atom stereocenters. The zero-order valence-electron chi connectivity index (χ0n) is 14.8. The summed E-state index contributed by atoms with van der Waals surface area (Å²) in [6.07, 6.45) is 3.96. The molecule has 1 aromatic heterocycles. The van der Waals surface area contributed by atoms with E-state index in [-0.39, 0.29) is 5.91 Å². The van der Waals surface area contributed by atoms with Crippen LogP contribution in [0.3, 0.4) is 0 Å². The van der Waals surface area contributed by atoms with Gasteiger partial charge in [0.25, 0.3) is 5.91 Å². The predicted octanol–water partition coefficient (Wildman–Crippen LogP) is 3.30. The number of hydrogen-bond donors (Lipinski definition) is 0. The molecule has 1 amide bonds. The van der Waals surface area contributed by atoms with Gasteiger partial charge in [0.2, 0.25) is 0 Å². The second kappa shape index (κ2) is 7.54. The Morgan fingerprint density at radius 2 is 1.65 bits per heavy atom. The molecule has 2 aliphatic heterocycles. The molecular formula is C20H23ClN4O. The number of amides is 1. The summed E-state index contributed by atoms with van der Waals surface area (Å²) in [5.41, 5.74) is 1.90. The first-order valence-corrected chi connectivity index (χ1v) is 9.59. The Kier molecular flexibility index (Phi) is 4.98. The second-order valence-electron chi connectivity index (χ2n) is 6.86. The molecule has 4 rings (SSSR count). The molecule has 0 spiro atoms. The summed E-state index contributed by atoms with van der Waals surface area (Å²) < 4.78 is 0. The van der Waals surface area contributed by atoms with Crippen LogP contribution in [0.15, 0.2) is 42.6 Å². The van der Waals surface area contributed by atoms with Crippen LogP contribution >= 0.6 is 11.6 Å². The standard InChI is InChI=1S/C20H23ClN4O/c21-17-4-3-5-18(15-17)23-10-12-24(13-11-23)19-14-16(6-7-22-19)20(26)25-8-1-2-9-25/h3-7,14-15H,1-2,8-13H2. The molecular weight excluding hydrogens is 348 g/mol. The van der Waals surface area contributed by atoms with Crippen molar-refractivity contribution in [2.24, 2.45) is 0 Å². The van der Waals surface area contributed by atoms with Gasteiger partial charge in [-0.05, 0) is 43.2 Å². The Morgan fingerprint density at radius 1 is 0.923 bits per heavy atom. The van der Waals surface area contributed by atoms with Gasteiger partial charge in [0.05, 0.1) is 0 Å². The maximum absolute atomic E-state index is 12.6. The van der Waals surface area contributed by atoms with E-state index in [2.05, 4.69) is 20.9 Å². The van der Waals surface area contributed by atoms with E-state index < -0.39 is 0 Å². The molecule has 26 heavy (non-hydrogen) atoms. The molecule has 2 fully saturated rings. The number of anilines is 2. The average Bonchev–Trinajstić information content (AvgIpc) is 3.22. The largest absolute Gasteiger partial charge is 0.368 e. The third-order valence-electron chi connectivity index (χ3n) is 5.16. The molecule has 0 unspecified atom stereocenters. The molecule has 3 heterocycles. The van der Waals surface area contributed by atoms with Crippen molar-refractivity contribution >= 4 is 29.0 Å². The quantitative estimate of drug-likeness (QED) is 0.831. The monoisotopic (exact) mass is 370 g/mol. The smallest absolute Gasteiger partial charge is 0.254 e. The van der Waals surface area contributed by atoms with E-state index in [1.165, 1.54) is 0 Å². The van der Waals surface area contributed by atoms with Gasteiger partial charge in [0, 0.05) is 61.7 Å². The Balaban J connectivity index is 1.43. The molecule has 2 aromatic rings. The Bertz CT molecular complexity index is 783. The third kappa shape index (κ3) is 3.63. The lowest BCUT2D eigenvalue weighted by Gasteiger charge is -2.37. The van der Waals surface area contributed by atoms with Crippen LogP contribution in [0, 0.1) is 0 Å². The number of pyridine rings is 1. The maximum Gasteiger partial charge on any atom is 0.254 e. The van der Waals surface area contributed by atoms with Gasteiger partial charge in [-0.25, -0.2) is 4.98 Å². The molecule has 6 heteroatoms. The van der Waals surface area contributed by atoms with Crippen LogP contribution in [0.4, 0.5) is 11.5 Å². The number of piperazine rings is 1. The summed E-state index contributed by atoms with van der Waals surface area (Å²) >= 11 is 6.11. The summed E-state index contributed by atoms with van der Waals surface area (Å²) in [5.74, 6) is 1.02. The van der Waals surface area contributed by atoms with Crippen LogP contribution < -0.4 is 9.80 Å². The van der Waals surface area contributed by atoms with E-state index in [1.807, 2.05) is 35.2 Å². The lowest BCUT2D eigenvalue weighted by molar-refractivity contribution is 0.0792. The van der Waals surface area contributed by atoms with Gasteiger partial charge in [-0.2, -0.15) is 0 Å². The fourth-order valence-corrected chi connectivity index (χ4v) is 3.88. The number of halogens is 1. The van der Waals surface area contributed by atoms with E-state index in [0.717, 1.165) is 74.2 Å². The van der Waals surface area contributed by atoms with Crippen molar-refractivity contribution in [2.45, 2.75) is 12.8 Å². The summed E-state index contributed by atoms with van der Waals surface area (Å²) in [5, 5.41) is 0.764. The average molecular weight is 371 g/mol. The van der Waals surface area contributed by atoms with Crippen molar-refractivity contribution in [3.8, 4) is 0 Å². The number of carbonyl (C=O) groups excluding carboxylic acids is 1. The highest BCUT2D eigenvalue weighted by molar-refractivity contribution is 6.30. The number of hydrogen-bond acceptors (Lipinski definition) is 4. The topological polar surface area (TPSA) is 39.7 Å². The molecule has 0 radical (unpaired) electrons. The number of carbonyl (C=O) groups is 1. The summed E-state index contributed by atoms with van der Waals surface area (Å²) in [6, 6.07) is 11.7. The zero-order chi connectivity index (χ0) is 17.9. The normalized spacial score (nSPS) is 17.7. The maximum atomic E-state index is 12.6. The lowest BCUT2D eigenvalue weighted by Crippen LogP contribution is -2.46. The predicted molar refractivity (Wildman–Crippen MR) is 105 cm³/mol. The third-order valence-corrected chi connectivity index (χ3v) is 5.40. The van der Waals surface area contributed by atoms with Gasteiger partial charge in [0.15, 0.2) is 0 Å². The van der Waals surface area contributed by atoms with E-state index in [9.17, 15) is 4.79 Å². The Morgan fingerprint density at radius 3 is 2.38 bits per heavy atom. The minimum Gasteiger partial charge on any atom is -0.368 e. The van der Waals surface area contributed by atoms with Gasteiger partial charge in [-0.15, -0.1) is 0 Å². The SMILES string of the molecule is O=C(c1ccnc(N2CCN(c3cccc(Cl)c3)CC2)c1)N1CCCC1. The van der Waals surface area contributed by atoms with E-state index >= 15 is 0 Å². The van der Waals surface area contributed by atoms with Gasteiger partial charge in [-0.1, -0.05) is 17.7 Å². The van der Waals surface area contributed by atoms with Crippen molar-refractivity contribution < 1.29 is 4.79 Å². The molecule has 0 aliphatic carbocycles. The molecule has 1 aromatic carbocycles. The van der Waals surface area contributed by atoms with Crippen molar-refractivity contribution in [2.75, 3.05) is 49.1 Å². The lowest BCUT2D eigenvalue weighted by atomic mass is 10.2. The number of aromatic nitrogens is 1. The number of benzene rings is 1. The molecule has 136 valence electrons. The molecule has 2 aliphatic rings. The minimum atomic E-state index is 0.128. The van der Waals surface area contributed by atoms with Crippen LogP contribution in [0.25, 0.3) is 0 Å². The van der Waals surface area contributed by atoms with Gasteiger partial charge in [-0.3, -0.25) is 4.79 Å². The van der Waals surface area contributed by atoms with E-state index in [1.54, 1.807) is 6.20 Å². The van der Waals surface area contributed by atoms with Crippen LogP contribution in [0.2, 0.25) is 5.02 Å². The second-order valence-corrected chi connectivity index (χ2v) is 7.29. The summed E-state index contributed by atoms with van der Waals surface area (Å²) in [4.78, 5) is 23.6. The minimum absolute atomic E-state index is 0.128.